The molecule has 5 heteroatoms. The lowest BCUT2D eigenvalue weighted by Gasteiger charge is -2.09. The van der Waals surface area contributed by atoms with Gasteiger partial charge in [0.25, 0.3) is 0 Å². The number of rotatable bonds is 12. The molecule has 0 saturated carbocycles. The summed E-state index contributed by atoms with van der Waals surface area (Å²) in [6.07, 6.45) is 9.35. The van der Waals surface area contributed by atoms with Crippen molar-refractivity contribution in [2.45, 2.75) is 38.5 Å². The number of hydrogen-bond acceptors (Lipinski definition) is 5. The molecular weight excluding hydrogens is 594 g/mol. The topological polar surface area (TPSA) is 65.5 Å². The predicted octanol–water partition coefficient (Wildman–Crippen LogP) is 8.29. The summed E-state index contributed by atoms with van der Waals surface area (Å²) in [5.74, 6) is 12.4. The van der Waals surface area contributed by atoms with Crippen LogP contribution >= 0.6 is 0 Å². The van der Waals surface area contributed by atoms with E-state index in [0.717, 1.165) is 66.0 Å². The monoisotopic (exact) mass is 631 g/mol. The smallest absolute Gasteiger partial charge is 0.330 e. The van der Waals surface area contributed by atoms with Gasteiger partial charge < -0.3 is 9.47 Å². The fourth-order valence-corrected chi connectivity index (χ4v) is 5.49. The van der Waals surface area contributed by atoms with Crippen molar-refractivity contribution in [2.24, 2.45) is 0 Å². The molecule has 0 N–H and O–H groups in total. The van der Waals surface area contributed by atoms with Crippen molar-refractivity contribution in [3.63, 3.8) is 0 Å². The molecule has 0 aliphatic carbocycles. The maximum Gasteiger partial charge on any atom is 0.330 e. The highest BCUT2D eigenvalue weighted by Crippen LogP contribution is 2.25. The van der Waals surface area contributed by atoms with Gasteiger partial charge in [0.05, 0.1) is 13.2 Å². The maximum absolute atomic E-state index is 11.3. The largest absolute Gasteiger partial charge is 0.463 e. The number of pyridine rings is 1. The van der Waals surface area contributed by atoms with Crippen molar-refractivity contribution < 1.29 is 19.1 Å². The molecule has 238 valence electrons. The van der Waals surface area contributed by atoms with E-state index < -0.39 is 0 Å². The highest BCUT2D eigenvalue weighted by Gasteiger charge is 2.07. The Morgan fingerprint density at radius 2 is 1.08 bits per heavy atom. The number of esters is 2. The van der Waals surface area contributed by atoms with Crippen LogP contribution in [0.3, 0.4) is 0 Å². The van der Waals surface area contributed by atoms with Crippen LogP contribution in [0.4, 0.5) is 0 Å². The Hall–Kier alpha value is -5.91. The summed E-state index contributed by atoms with van der Waals surface area (Å²) in [5.41, 5.74) is 5.91. The zero-order chi connectivity index (χ0) is 33.6. The molecule has 5 rings (SSSR count). The van der Waals surface area contributed by atoms with Crippen molar-refractivity contribution >= 4 is 33.5 Å². The van der Waals surface area contributed by atoms with Crippen LogP contribution in [0.1, 0.15) is 59.2 Å². The van der Waals surface area contributed by atoms with Gasteiger partial charge in [0.2, 0.25) is 0 Å². The third-order valence-corrected chi connectivity index (χ3v) is 7.96. The second kappa shape index (κ2) is 17.1. The number of hydrogen-bond donors (Lipinski definition) is 0. The lowest BCUT2D eigenvalue weighted by atomic mass is 9.96. The van der Waals surface area contributed by atoms with E-state index in [2.05, 4.69) is 90.4 Å². The van der Waals surface area contributed by atoms with Crippen LogP contribution in [0.2, 0.25) is 0 Å². The Morgan fingerprint density at radius 1 is 0.583 bits per heavy atom. The van der Waals surface area contributed by atoms with Gasteiger partial charge in [-0.05, 0) is 101 Å². The van der Waals surface area contributed by atoms with E-state index in [1.54, 1.807) is 6.20 Å². The average molecular weight is 632 g/mol. The molecule has 0 atom stereocenters. The standard InChI is InChI=1S/C43H37NO4/c1-3-42(45)47-29-11-9-13-33-22-24-35(40-17-7-5-15-38(33)40)21-19-32-20-27-37(44-31-32)28-26-36-25-23-34(39-16-6-8-18-41(36)39)14-10-12-30-48-43(46)4-2/h3-8,15-18,20,22-25,27,31H,1-2,9-14,29-30H2. The Balaban J connectivity index is 1.24. The maximum atomic E-state index is 11.3. The molecule has 5 nitrogen and oxygen atoms in total. The van der Waals surface area contributed by atoms with Gasteiger partial charge in [0.1, 0.15) is 5.69 Å². The molecule has 1 aromatic heterocycles. The zero-order valence-corrected chi connectivity index (χ0v) is 27.0. The normalized spacial score (nSPS) is 10.3. The molecule has 0 spiro atoms. The van der Waals surface area contributed by atoms with Gasteiger partial charge in [0.15, 0.2) is 0 Å². The van der Waals surface area contributed by atoms with Gasteiger partial charge in [-0.3, -0.25) is 0 Å². The molecule has 0 amide bonds. The molecule has 0 radical (unpaired) electrons. The van der Waals surface area contributed by atoms with Crippen LogP contribution in [-0.2, 0) is 31.9 Å². The number of nitrogens with zero attached hydrogens (tertiary/aromatic N) is 1. The summed E-state index contributed by atoms with van der Waals surface area (Å²) < 4.78 is 10.2. The number of benzene rings is 4. The van der Waals surface area contributed by atoms with Gasteiger partial charge >= 0.3 is 11.9 Å². The quantitative estimate of drug-likeness (QED) is 0.0600. The molecule has 0 aliphatic rings. The molecule has 0 aliphatic heterocycles. The van der Waals surface area contributed by atoms with E-state index in [-0.39, 0.29) is 11.9 Å². The van der Waals surface area contributed by atoms with Crippen molar-refractivity contribution in [1.29, 1.82) is 0 Å². The fraction of sp³-hybridized carbons (Fsp3) is 0.186. The third kappa shape index (κ3) is 9.09. The van der Waals surface area contributed by atoms with Crippen molar-refractivity contribution in [3.05, 3.63) is 150 Å². The van der Waals surface area contributed by atoms with E-state index in [1.165, 1.54) is 34.1 Å². The molecule has 0 unspecified atom stereocenters. The van der Waals surface area contributed by atoms with Crippen molar-refractivity contribution in [1.82, 2.24) is 4.98 Å². The van der Waals surface area contributed by atoms with E-state index >= 15 is 0 Å². The van der Waals surface area contributed by atoms with Gasteiger partial charge in [0, 0.05) is 35.0 Å². The highest BCUT2D eigenvalue weighted by molar-refractivity contribution is 5.92. The summed E-state index contributed by atoms with van der Waals surface area (Å²) in [4.78, 5) is 27.1. The van der Waals surface area contributed by atoms with Crippen molar-refractivity contribution in [2.75, 3.05) is 13.2 Å². The summed E-state index contributed by atoms with van der Waals surface area (Å²) in [6, 6.07) is 28.9. The predicted molar refractivity (Wildman–Crippen MR) is 192 cm³/mol. The summed E-state index contributed by atoms with van der Waals surface area (Å²) in [7, 11) is 0. The summed E-state index contributed by atoms with van der Waals surface area (Å²) in [6.45, 7) is 7.65. The SMILES string of the molecule is C=CC(=O)OCCCCc1ccc(C#Cc2ccc(C#Cc3ccc(CCCCOC(=O)C=C)c4ccccc34)nc2)c2ccccc12. The lowest BCUT2D eigenvalue weighted by Crippen LogP contribution is -2.02. The Morgan fingerprint density at radius 3 is 1.56 bits per heavy atom. The molecular formula is C43H37NO4. The molecule has 0 bridgehead atoms. The van der Waals surface area contributed by atoms with Gasteiger partial charge in [-0.1, -0.05) is 91.6 Å². The number of fused-ring (bicyclic) bond motifs is 2. The number of unbranched alkanes of at least 4 members (excludes halogenated alkanes) is 2. The molecule has 1 heterocycles. The van der Waals surface area contributed by atoms with Gasteiger partial charge in [-0.25, -0.2) is 14.6 Å². The van der Waals surface area contributed by atoms with Crippen LogP contribution in [0.5, 0.6) is 0 Å². The number of aromatic nitrogens is 1. The summed E-state index contributed by atoms with van der Waals surface area (Å²) >= 11 is 0. The first-order chi connectivity index (χ1) is 23.6. The minimum atomic E-state index is -0.383. The van der Waals surface area contributed by atoms with E-state index in [4.69, 9.17) is 9.47 Å². The minimum Gasteiger partial charge on any atom is -0.463 e. The van der Waals surface area contributed by atoms with E-state index in [1.807, 2.05) is 36.4 Å². The first-order valence-corrected chi connectivity index (χ1v) is 16.2. The lowest BCUT2D eigenvalue weighted by molar-refractivity contribution is -0.138. The average Bonchev–Trinajstić information content (AvgIpc) is 3.13. The molecule has 4 aromatic carbocycles. The molecule has 48 heavy (non-hydrogen) atoms. The Labute approximate surface area is 282 Å². The van der Waals surface area contributed by atoms with Crippen LogP contribution in [0.25, 0.3) is 21.5 Å². The van der Waals surface area contributed by atoms with E-state index in [0.29, 0.717) is 18.9 Å². The first kappa shape index (κ1) is 33.5. The number of carbonyl (C=O) groups excluding carboxylic acids is 2. The Bertz CT molecular complexity index is 1920. The Kier molecular flexibility index (Phi) is 11.9. The zero-order valence-electron chi connectivity index (χ0n) is 27.0. The van der Waals surface area contributed by atoms with Crippen molar-refractivity contribution in [3.8, 4) is 23.7 Å². The van der Waals surface area contributed by atoms with Crippen LogP contribution in [-0.4, -0.2) is 30.1 Å². The van der Waals surface area contributed by atoms with Crippen LogP contribution < -0.4 is 0 Å². The van der Waals surface area contributed by atoms with Crippen LogP contribution in [0.15, 0.2) is 116 Å². The third-order valence-electron chi connectivity index (χ3n) is 7.96. The molecule has 0 fully saturated rings. The first-order valence-electron chi connectivity index (χ1n) is 16.2. The number of carbonyl (C=O) groups is 2. The number of aryl methyl sites for hydroxylation is 2. The fourth-order valence-electron chi connectivity index (χ4n) is 5.49. The minimum absolute atomic E-state index is 0.382. The van der Waals surface area contributed by atoms with Gasteiger partial charge in [-0.15, -0.1) is 0 Å². The number of ether oxygens (including phenoxy) is 2. The summed E-state index contributed by atoms with van der Waals surface area (Å²) in [5, 5.41) is 4.58. The second-order valence-corrected chi connectivity index (χ2v) is 11.2. The second-order valence-electron chi connectivity index (χ2n) is 11.2. The molecule has 5 aromatic rings. The molecule has 0 saturated heterocycles. The van der Waals surface area contributed by atoms with Gasteiger partial charge in [-0.2, -0.15) is 0 Å². The highest BCUT2D eigenvalue weighted by atomic mass is 16.5. The van der Waals surface area contributed by atoms with E-state index in [9.17, 15) is 9.59 Å². The van der Waals surface area contributed by atoms with Crippen LogP contribution in [0, 0.1) is 23.7 Å².